The maximum Gasteiger partial charge on any atom is 0.338 e. The number of carbonyl (C=O) groups is 2. The molecule has 1 amide bonds. The van der Waals surface area contributed by atoms with Crippen molar-refractivity contribution in [3.8, 4) is 11.5 Å². The van der Waals surface area contributed by atoms with Crippen molar-refractivity contribution in [1.29, 1.82) is 5.41 Å². The van der Waals surface area contributed by atoms with Crippen molar-refractivity contribution in [1.82, 2.24) is 0 Å². The number of esters is 1. The van der Waals surface area contributed by atoms with E-state index in [1.807, 2.05) is 6.07 Å². The number of carbonyl (C=O) groups excluding carboxylic acids is 2. The van der Waals surface area contributed by atoms with Gasteiger partial charge in [0, 0.05) is 0 Å². The molecule has 1 saturated heterocycles. The predicted octanol–water partition coefficient (Wildman–Crippen LogP) is 3.94. The zero-order valence-electron chi connectivity index (χ0n) is 16.2. The first-order chi connectivity index (χ1) is 14.0. The van der Waals surface area contributed by atoms with Gasteiger partial charge in [0.05, 0.1) is 37.0 Å². The second kappa shape index (κ2) is 8.83. The quantitative estimate of drug-likeness (QED) is 0.571. The van der Waals surface area contributed by atoms with Crippen molar-refractivity contribution in [3.05, 3.63) is 58.5 Å². The fourth-order valence-electron chi connectivity index (χ4n) is 2.78. The molecule has 0 spiro atoms. The molecule has 150 valence electrons. The maximum absolute atomic E-state index is 12.9. The van der Waals surface area contributed by atoms with Crippen LogP contribution < -0.4 is 14.4 Å². The van der Waals surface area contributed by atoms with Crippen LogP contribution in [0, 0.1) is 5.41 Å². The number of ether oxygens (including phenoxy) is 3. The Morgan fingerprint density at radius 3 is 2.41 bits per heavy atom. The molecule has 0 unspecified atom stereocenters. The lowest BCUT2D eigenvalue weighted by molar-refractivity contribution is -0.113. The smallest absolute Gasteiger partial charge is 0.338 e. The Morgan fingerprint density at radius 2 is 1.79 bits per heavy atom. The van der Waals surface area contributed by atoms with Gasteiger partial charge in [0.1, 0.15) is 0 Å². The Kier molecular flexibility index (Phi) is 6.23. The number of amides is 1. The second-order valence-electron chi connectivity index (χ2n) is 5.94. The first kappa shape index (κ1) is 20.5. The minimum atomic E-state index is -0.426. The molecular weight excluding hydrogens is 392 g/mol. The molecule has 29 heavy (non-hydrogen) atoms. The van der Waals surface area contributed by atoms with Crippen LogP contribution in [-0.2, 0) is 9.53 Å². The number of nitrogens with one attached hydrogen (secondary N) is 1. The van der Waals surface area contributed by atoms with Gasteiger partial charge in [0.15, 0.2) is 16.7 Å². The van der Waals surface area contributed by atoms with E-state index in [0.29, 0.717) is 27.7 Å². The minimum absolute atomic E-state index is 0.0885. The van der Waals surface area contributed by atoms with E-state index in [-0.39, 0.29) is 17.7 Å². The van der Waals surface area contributed by atoms with Crippen LogP contribution in [0.1, 0.15) is 22.8 Å². The zero-order valence-corrected chi connectivity index (χ0v) is 17.0. The summed E-state index contributed by atoms with van der Waals surface area (Å²) in [7, 11) is 3.10. The number of methoxy groups -OCH3 is 2. The molecule has 0 aliphatic carbocycles. The van der Waals surface area contributed by atoms with E-state index in [2.05, 4.69) is 0 Å². The first-order valence-corrected chi connectivity index (χ1v) is 9.62. The summed E-state index contributed by atoms with van der Waals surface area (Å²) >= 11 is 1.07. The lowest BCUT2D eigenvalue weighted by atomic mass is 10.1. The van der Waals surface area contributed by atoms with Gasteiger partial charge >= 0.3 is 5.97 Å². The Hall–Kier alpha value is -3.26. The SMILES string of the molecule is CCOC(=O)c1ccc(N2C(=N)S/C(=C\c3ccc(OC)c(OC)c3)C2=O)cc1. The van der Waals surface area contributed by atoms with Crippen molar-refractivity contribution in [2.75, 3.05) is 25.7 Å². The van der Waals surface area contributed by atoms with Crippen molar-refractivity contribution >= 4 is 40.6 Å². The van der Waals surface area contributed by atoms with Crippen molar-refractivity contribution < 1.29 is 23.8 Å². The highest BCUT2D eigenvalue weighted by Crippen LogP contribution is 2.36. The van der Waals surface area contributed by atoms with Gasteiger partial charge in [-0.1, -0.05) is 6.07 Å². The molecule has 0 aromatic heterocycles. The summed E-state index contributed by atoms with van der Waals surface area (Å²) in [5, 5.41) is 8.30. The van der Waals surface area contributed by atoms with Gasteiger partial charge in [0.2, 0.25) is 0 Å². The molecule has 1 aliphatic rings. The summed E-state index contributed by atoms with van der Waals surface area (Å²) < 4.78 is 15.5. The van der Waals surface area contributed by atoms with Crippen LogP contribution in [0.2, 0.25) is 0 Å². The minimum Gasteiger partial charge on any atom is -0.493 e. The Balaban J connectivity index is 1.84. The van der Waals surface area contributed by atoms with Crippen LogP contribution in [0.3, 0.4) is 0 Å². The zero-order chi connectivity index (χ0) is 21.0. The Morgan fingerprint density at radius 1 is 1.10 bits per heavy atom. The van der Waals surface area contributed by atoms with Crippen LogP contribution in [-0.4, -0.2) is 37.9 Å². The molecule has 0 bridgehead atoms. The fraction of sp³-hybridized carbons (Fsp3) is 0.190. The molecular formula is C21H20N2O5S. The summed E-state index contributed by atoms with van der Waals surface area (Å²) in [5.74, 6) is 0.416. The monoisotopic (exact) mass is 412 g/mol. The summed E-state index contributed by atoms with van der Waals surface area (Å²) in [5.41, 5.74) is 1.66. The molecule has 1 fully saturated rings. The molecule has 2 aromatic carbocycles. The maximum atomic E-state index is 12.9. The van der Waals surface area contributed by atoms with E-state index in [9.17, 15) is 9.59 Å². The van der Waals surface area contributed by atoms with E-state index in [1.54, 1.807) is 63.6 Å². The molecule has 1 heterocycles. The number of anilines is 1. The van der Waals surface area contributed by atoms with Crippen LogP contribution >= 0.6 is 11.8 Å². The summed E-state index contributed by atoms with van der Waals surface area (Å²) in [6.45, 7) is 2.02. The predicted molar refractivity (Wildman–Crippen MR) is 113 cm³/mol. The van der Waals surface area contributed by atoms with Crippen molar-refractivity contribution in [2.45, 2.75) is 6.92 Å². The fourth-order valence-corrected chi connectivity index (χ4v) is 3.64. The molecule has 3 rings (SSSR count). The van der Waals surface area contributed by atoms with Crippen LogP contribution in [0.15, 0.2) is 47.4 Å². The number of nitrogens with zero attached hydrogens (tertiary/aromatic N) is 1. The van der Waals surface area contributed by atoms with Gasteiger partial charge in [-0.15, -0.1) is 0 Å². The number of benzene rings is 2. The number of amidine groups is 1. The molecule has 0 saturated carbocycles. The number of rotatable bonds is 6. The Labute approximate surface area is 172 Å². The van der Waals surface area contributed by atoms with Crippen LogP contribution in [0.4, 0.5) is 5.69 Å². The van der Waals surface area contributed by atoms with Crippen molar-refractivity contribution in [2.24, 2.45) is 0 Å². The highest BCUT2D eigenvalue weighted by Gasteiger charge is 2.33. The van der Waals surface area contributed by atoms with Crippen LogP contribution in [0.5, 0.6) is 11.5 Å². The summed E-state index contributed by atoms with van der Waals surface area (Å²) in [6.07, 6.45) is 1.70. The van der Waals surface area contributed by atoms with Gasteiger partial charge in [0.25, 0.3) is 5.91 Å². The number of hydrogen-bond acceptors (Lipinski definition) is 7. The van der Waals surface area contributed by atoms with Gasteiger partial charge in [-0.05, 0) is 66.7 Å². The standard InChI is InChI=1S/C21H20N2O5S/c1-4-28-20(25)14-6-8-15(9-7-14)23-19(24)18(29-21(23)22)12-13-5-10-16(26-2)17(11-13)27-3/h5-12,22H,4H2,1-3H3/b18-12-,22-21?. The van der Waals surface area contributed by atoms with Gasteiger partial charge < -0.3 is 14.2 Å². The lowest BCUT2D eigenvalue weighted by Crippen LogP contribution is -2.28. The third-order valence-corrected chi connectivity index (χ3v) is 5.05. The highest BCUT2D eigenvalue weighted by atomic mass is 32.2. The topological polar surface area (TPSA) is 88.9 Å². The number of hydrogen-bond donors (Lipinski definition) is 1. The van der Waals surface area contributed by atoms with Crippen molar-refractivity contribution in [3.63, 3.8) is 0 Å². The molecule has 1 aliphatic heterocycles. The normalized spacial score (nSPS) is 15.0. The van der Waals surface area contributed by atoms with E-state index < -0.39 is 5.97 Å². The summed E-state index contributed by atoms with van der Waals surface area (Å²) in [6, 6.07) is 11.7. The van der Waals surface area contributed by atoms with E-state index >= 15 is 0 Å². The van der Waals surface area contributed by atoms with Gasteiger partial charge in [-0.2, -0.15) is 0 Å². The Bertz CT molecular complexity index is 985. The third kappa shape index (κ3) is 4.27. The second-order valence-corrected chi connectivity index (χ2v) is 6.97. The largest absolute Gasteiger partial charge is 0.493 e. The molecule has 7 nitrogen and oxygen atoms in total. The number of thioether (sulfide) groups is 1. The van der Waals surface area contributed by atoms with Gasteiger partial charge in [-0.25, -0.2) is 4.79 Å². The summed E-state index contributed by atoms with van der Waals surface area (Å²) in [4.78, 5) is 26.4. The first-order valence-electron chi connectivity index (χ1n) is 8.80. The molecule has 2 aromatic rings. The molecule has 1 N–H and O–H groups in total. The molecule has 8 heteroatoms. The van der Waals surface area contributed by atoms with Crippen LogP contribution in [0.25, 0.3) is 6.08 Å². The average molecular weight is 412 g/mol. The molecule has 0 radical (unpaired) electrons. The third-order valence-electron chi connectivity index (χ3n) is 4.17. The highest BCUT2D eigenvalue weighted by molar-refractivity contribution is 8.19. The molecule has 0 atom stereocenters. The van der Waals surface area contributed by atoms with E-state index in [0.717, 1.165) is 17.3 Å². The van der Waals surface area contributed by atoms with E-state index in [4.69, 9.17) is 19.6 Å². The average Bonchev–Trinajstić information content (AvgIpc) is 3.01. The lowest BCUT2D eigenvalue weighted by Gasteiger charge is -2.14. The van der Waals surface area contributed by atoms with E-state index in [1.165, 1.54) is 4.90 Å². The van der Waals surface area contributed by atoms with Gasteiger partial charge in [-0.3, -0.25) is 15.1 Å².